The van der Waals surface area contributed by atoms with Crippen molar-refractivity contribution in [2.75, 3.05) is 38.5 Å². The molecule has 5 rings (SSSR count). The summed E-state index contributed by atoms with van der Waals surface area (Å²) in [7, 11) is 2.22. The molecule has 0 radical (unpaired) electrons. The third-order valence-corrected chi connectivity index (χ3v) is 8.07. The smallest absolute Gasteiger partial charge is 0.274 e. The lowest BCUT2D eigenvalue weighted by molar-refractivity contribution is -0.120. The highest BCUT2D eigenvalue weighted by molar-refractivity contribution is 5.92. The molecule has 2 saturated heterocycles. The van der Waals surface area contributed by atoms with Gasteiger partial charge in [-0.1, -0.05) is 19.3 Å². The van der Waals surface area contributed by atoms with Gasteiger partial charge in [-0.2, -0.15) is 0 Å². The normalized spacial score (nSPS) is 28.8. The first kappa shape index (κ1) is 20.3. The first-order valence-corrected chi connectivity index (χ1v) is 12.1. The van der Waals surface area contributed by atoms with Gasteiger partial charge in [-0.3, -0.25) is 14.5 Å². The maximum Gasteiger partial charge on any atom is 0.274 e. The largest absolute Gasteiger partial charge is 0.321 e. The van der Waals surface area contributed by atoms with Crippen LogP contribution < -0.4 is 10.9 Å². The third-order valence-electron chi connectivity index (χ3n) is 8.07. The van der Waals surface area contributed by atoms with E-state index in [-0.39, 0.29) is 17.4 Å². The predicted molar refractivity (Wildman–Crippen MR) is 119 cm³/mol. The Morgan fingerprint density at radius 3 is 2.53 bits per heavy atom. The number of aromatic nitrogens is 1. The van der Waals surface area contributed by atoms with Crippen molar-refractivity contribution in [3.63, 3.8) is 0 Å². The SMILES string of the molecule is CN1CCC(N2C[C@H]3C[C@H](C2)c2ccc(NC(=O)C4CCCCC4)c(=O)n2C3)CC1. The second-order valence-electron chi connectivity index (χ2n) is 10.2. The summed E-state index contributed by atoms with van der Waals surface area (Å²) in [5.74, 6) is 1.09. The molecule has 4 heterocycles. The minimum Gasteiger partial charge on any atom is -0.321 e. The third kappa shape index (κ3) is 3.96. The number of hydrogen-bond acceptors (Lipinski definition) is 4. The zero-order valence-corrected chi connectivity index (χ0v) is 18.3. The highest BCUT2D eigenvalue weighted by Gasteiger charge is 2.38. The summed E-state index contributed by atoms with van der Waals surface area (Å²) in [6.45, 7) is 5.35. The number of nitrogens with one attached hydrogen (secondary N) is 1. The number of carbonyl (C=O) groups excluding carboxylic acids is 1. The van der Waals surface area contributed by atoms with Gasteiger partial charge in [0.1, 0.15) is 5.69 Å². The number of carbonyl (C=O) groups is 1. The van der Waals surface area contributed by atoms with Crippen LogP contribution in [0.3, 0.4) is 0 Å². The average molecular weight is 413 g/mol. The van der Waals surface area contributed by atoms with E-state index < -0.39 is 0 Å². The predicted octanol–water partition coefficient (Wildman–Crippen LogP) is 2.88. The van der Waals surface area contributed by atoms with Crippen LogP contribution in [0.4, 0.5) is 5.69 Å². The van der Waals surface area contributed by atoms with Gasteiger partial charge in [0.2, 0.25) is 5.91 Å². The van der Waals surface area contributed by atoms with Crippen LogP contribution in [0.5, 0.6) is 0 Å². The number of likely N-dealkylation sites (tertiary alicyclic amines) is 2. The molecule has 1 aromatic rings. The van der Waals surface area contributed by atoms with Gasteiger partial charge in [0, 0.05) is 43.2 Å². The van der Waals surface area contributed by atoms with Crippen LogP contribution in [-0.2, 0) is 11.3 Å². The summed E-state index contributed by atoms with van der Waals surface area (Å²) in [5, 5.41) is 2.97. The fourth-order valence-electron chi connectivity index (χ4n) is 6.34. The van der Waals surface area contributed by atoms with Gasteiger partial charge in [0.05, 0.1) is 0 Å². The van der Waals surface area contributed by atoms with E-state index >= 15 is 0 Å². The topological polar surface area (TPSA) is 57.6 Å². The zero-order valence-electron chi connectivity index (χ0n) is 18.3. The van der Waals surface area contributed by atoms with Gasteiger partial charge in [-0.15, -0.1) is 0 Å². The lowest BCUT2D eigenvalue weighted by atomic mass is 9.82. The Morgan fingerprint density at radius 2 is 1.77 bits per heavy atom. The number of amides is 1. The molecule has 0 unspecified atom stereocenters. The van der Waals surface area contributed by atoms with Crippen LogP contribution >= 0.6 is 0 Å². The molecular formula is C24H36N4O2. The number of piperidine rings is 2. The highest BCUT2D eigenvalue weighted by atomic mass is 16.2. The van der Waals surface area contributed by atoms with Gasteiger partial charge < -0.3 is 14.8 Å². The molecular weight excluding hydrogens is 376 g/mol. The molecule has 1 aromatic heterocycles. The van der Waals surface area contributed by atoms with Crippen LogP contribution in [-0.4, -0.2) is 59.5 Å². The summed E-state index contributed by atoms with van der Waals surface area (Å²) in [6, 6.07) is 4.67. The molecule has 0 aromatic carbocycles. The van der Waals surface area contributed by atoms with E-state index in [1.807, 2.05) is 10.6 Å². The summed E-state index contributed by atoms with van der Waals surface area (Å²) in [6.07, 6.45) is 9.09. The van der Waals surface area contributed by atoms with Crippen molar-refractivity contribution in [2.24, 2.45) is 11.8 Å². The Balaban J connectivity index is 1.31. The molecule has 3 aliphatic heterocycles. The Morgan fingerprint density at radius 1 is 1.00 bits per heavy atom. The number of nitrogens with zero attached hydrogens (tertiary/aromatic N) is 3. The van der Waals surface area contributed by atoms with E-state index in [0.29, 0.717) is 23.6 Å². The Bertz CT molecular complexity index is 836. The van der Waals surface area contributed by atoms with Crippen LogP contribution in [0.25, 0.3) is 0 Å². The molecule has 6 nitrogen and oxygen atoms in total. The van der Waals surface area contributed by atoms with Crippen LogP contribution in [0, 0.1) is 11.8 Å². The maximum absolute atomic E-state index is 13.2. The van der Waals surface area contributed by atoms with Gasteiger partial charge >= 0.3 is 0 Å². The monoisotopic (exact) mass is 412 g/mol. The molecule has 3 fully saturated rings. The van der Waals surface area contributed by atoms with Crippen molar-refractivity contribution in [2.45, 2.75) is 69.9 Å². The average Bonchev–Trinajstić information content (AvgIpc) is 2.77. The number of hydrogen-bond donors (Lipinski definition) is 1. The van der Waals surface area contributed by atoms with E-state index in [1.165, 1.54) is 44.5 Å². The number of pyridine rings is 1. The summed E-state index contributed by atoms with van der Waals surface area (Å²) >= 11 is 0. The quantitative estimate of drug-likeness (QED) is 0.829. The molecule has 0 spiro atoms. The highest BCUT2D eigenvalue weighted by Crippen LogP contribution is 2.37. The van der Waals surface area contributed by atoms with Gasteiger partial charge in [-0.05, 0) is 70.3 Å². The fourth-order valence-corrected chi connectivity index (χ4v) is 6.34. The van der Waals surface area contributed by atoms with E-state index in [4.69, 9.17) is 0 Å². The Hall–Kier alpha value is -1.66. The van der Waals surface area contributed by atoms with E-state index in [1.54, 1.807) is 0 Å². The van der Waals surface area contributed by atoms with E-state index in [2.05, 4.69) is 28.2 Å². The Labute approximate surface area is 179 Å². The van der Waals surface area contributed by atoms with Crippen molar-refractivity contribution >= 4 is 11.6 Å². The second-order valence-corrected chi connectivity index (χ2v) is 10.2. The van der Waals surface area contributed by atoms with Crippen molar-refractivity contribution in [1.29, 1.82) is 0 Å². The summed E-state index contributed by atoms with van der Waals surface area (Å²) < 4.78 is 1.97. The second kappa shape index (κ2) is 8.46. The maximum atomic E-state index is 13.2. The zero-order chi connectivity index (χ0) is 20.7. The molecule has 1 aliphatic carbocycles. The summed E-state index contributed by atoms with van der Waals surface area (Å²) in [5.41, 5.74) is 1.64. The molecule has 164 valence electrons. The number of anilines is 1. The first-order valence-electron chi connectivity index (χ1n) is 12.1. The molecule has 1 N–H and O–H groups in total. The minimum absolute atomic E-state index is 0.000833. The standard InChI is InChI=1S/C24H36N4O2/c1-26-11-9-20(10-12-26)27-14-17-13-19(16-27)22-8-7-21(24(30)28(22)15-17)25-23(29)18-5-3-2-4-6-18/h7-8,17-20H,2-6,9-16H2,1H3,(H,25,29)/t17-,19-/m1/s1. The minimum atomic E-state index is -0.000833. The van der Waals surface area contributed by atoms with Crippen LogP contribution in [0.15, 0.2) is 16.9 Å². The molecule has 30 heavy (non-hydrogen) atoms. The lowest BCUT2D eigenvalue weighted by Crippen LogP contribution is -2.53. The van der Waals surface area contributed by atoms with Gasteiger partial charge in [0.25, 0.3) is 5.56 Å². The molecule has 6 heteroatoms. The van der Waals surface area contributed by atoms with Gasteiger partial charge in [0.15, 0.2) is 0 Å². The number of rotatable bonds is 3. The fraction of sp³-hybridized carbons (Fsp3) is 0.750. The summed E-state index contributed by atoms with van der Waals surface area (Å²) in [4.78, 5) is 31.0. The van der Waals surface area contributed by atoms with Crippen LogP contribution in [0.2, 0.25) is 0 Å². The van der Waals surface area contributed by atoms with Crippen molar-refractivity contribution in [3.05, 3.63) is 28.2 Å². The molecule has 2 bridgehead atoms. The van der Waals surface area contributed by atoms with Crippen molar-refractivity contribution in [1.82, 2.24) is 14.4 Å². The van der Waals surface area contributed by atoms with E-state index in [0.717, 1.165) is 45.3 Å². The van der Waals surface area contributed by atoms with Gasteiger partial charge in [-0.25, -0.2) is 0 Å². The molecule has 2 atom stereocenters. The lowest BCUT2D eigenvalue weighted by Gasteiger charge is -2.47. The van der Waals surface area contributed by atoms with Crippen LogP contribution in [0.1, 0.15) is 63.0 Å². The molecule has 4 aliphatic rings. The van der Waals surface area contributed by atoms with Crippen molar-refractivity contribution < 1.29 is 4.79 Å². The molecule has 1 saturated carbocycles. The first-order chi connectivity index (χ1) is 14.6. The number of fused-ring (bicyclic) bond motifs is 4. The van der Waals surface area contributed by atoms with Crippen molar-refractivity contribution in [3.8, 4) is 0 Å². The Kier molecular flexibility index (Phi) is 5.71. The molecule has 1 amide bonds. The van der Waals surface area contributed by atoms with E-state index in [9.17, 15) is 9.59 Å².